The van der Waals surface area contributed by atoms with Crippen LogP contribution in [0.4, 0.5) is 0 Å². The minimum atomic E-state index is -3.56. The highest BCUT2D eigenvalue weighted by Gasteiger charge is 2.18. The summed E-state index contributed by atoms with van der Waals surface area (Å²) in [5.41, 5.74) is 0. The van der Waals surface area contributed by atoms with Crippen LogP contribution in [-0.4, -0.2) is 51.9 Å². The van der Waals surface area contributed by atoms with Crippen molar-refractivity contribution in [3.63, 3.8) is 0 Å². The number of hydrogen-bond donors (Lipinski definition) is 2. The van der Waals surface area contributed by atoms with Gasteiger partial charge in [-0.15, -0.1) is 0 Å². The molecule has 0 unspecified atom stereocenters. The summed E-state index contributed by atoms with van der Waals surface area (Å²) in [4.78, 5) is 13.9. The fourth-order valence-corrected chi connectivity index (χ4v) is 3.36. The predicted molar refractivity (Wildman–Crippen MR) is 83.4 cm³/mol. The SMILES string of the molecule is O=C(CCNS(=O)(=O)c1ccc(Br)cc1)N1CCNCC1. The molecule has 6 nitrogen and oxygen atoms in total. The largest absolute Gasteiger partial charge is 0.340 e. The molecule has 0 radical (unpaired) electrons. The van der Waals surface area contributed by atoms with E-state index in [4.69, 9.17) is 0 Å². The normalized spacial score (nSPS) is 16.0. The van der Waals surface area contributed by atoms with E-state index >= 15 is 0 Å². The number of sulfonamides is 1. The van der Waals surface area contributed by atoms with Gasteiger partial charge in [0, 0.05) is 43.6 Å². The summed E-state index contributed by atoms with van der Waals surface area (Å²) in [5, 5.41) is 3.17. The molecule has 1 fully saturated rings. The van der Waals surface area contributed by atoms with Crippen LogP contribution in [0.1, 0.15) is 6.42 Å². The molecule has 1 amide bonds. The van der Waals surface area contributed by atoms with Crippen LogP contribution in [0.25, 0.3) is 0 Å². The fourth-order valence-electron chi connectivity index (χ4n) is 2.06. The van der Waals surface area contributed by atoms with Crippen molar-refractivity contribution in [2.24, 2.45) is 0 Å². The number of nitrogens with zero attached hydrogens (tertiary/aromatic N) is 1. The number of carbonyl (C=O) groups is 1. The van der Waals surface area contributed by atoms with Crippen molar-refractivity contribution in [1.82, 2.24) is 14.9 Å². The minimum absolute atomic E-state index is 0.0185. The Morgan fingerprint density at radius 2 is 1.86 bits per heavy atom. The summed E-state index contributed by atoms with van der Waals surface area (Å²) < 4.78 is 27.4. The standard InChI is InChI=1S/C13H18BrN3O3S/c14-11-1-3-12(4-2-11)21(19,20)16-6-5-13(18)17-9-7-15-8-10-17/h1-4,15-16H,5-10H2. The molecule has 1 heterocycles. The second-order valence-electron chi connectivity index (χ2n) is 4.73. The second kappa shape index (κ2) is 7.35. The van der Waals surface area contributed by atoms with E-state index < -0.39 is 10.0 Å². The Labute approximate surface area is 133 Å². The summed E-state index contributed by atoms with van der Waals surface area (Å²) >= 11 is 3.26. The Balaban J connectivity index is 1.84. The quantitative estimate of drug-likeness (QED) is 0.787. The molecule has 0 bridgehead atoms. The zero-order valence-corrected chi connectivity index (χ0v) is 13.9. The predicted octanol–water partition coefficient (Wildman–Crippen LogP) is 0.549. The molecule has 0 aliphatic carbocycles. The van der Waals surface area contributed by atoms with Crippen LogP contribution in [0.2, 0.25) is 0 Å². The first-order chi connectivity index (χ1) is 9.99. The van der Waals surface area contributed by atoms with Gasteiger partial charge in [-0.3, -0.25) is 4.79 Å². The number of halogens is 1. The second-order valence-corrected chi connectivity index (χ2v) is 7.42. The van der Waals surface area contributed by atoms with Gasteiger partial charge in [-0.2, -0.15) is 0 Å². The molecule has 0 aromatic heterocycles. The molecule has 1 aliphatic heterocycles. The van der Waals surface area contributed by atoms with Crippen LogP contribution in [0.15, 0.2) is 33.6 Å². The third-order valence-electron chi connectivity index (χ3n) is 3.22. The lowest BCUT2D eigenvalue weighted by molar-refractivity contribution is -0.131. The highest BCUT2D eigenvalue weighted by Crippen LogP contribution is 2.14. The average Bonchev–Trinajstić information content (AvgIpc) is 2.48. The smallest absolute Gasteiger partial charge is 0.240 e. The summed E-state index contributed by atoms with van der Waals surface area (Å²) in [7, 11) is -3.56. The molecule has 0 atom stereocenters. The summed E-state index contributed by atoms with van der Waals surface area (Å²) in [6, 6.07) is 6.37. The van der Waals surface area contributed by atoms with Gasteiger partial charge < -0.3 is 10.2 Å². The maximum Gasteiger partial charge on any atom is 0.240 e. The maximum atomic E-state index is 12.0. The van der Waals surface area contributed by atoms with Crippen molar-refractivity contribution in [3.05, 3.63) is 28.7 Å². The van der Waals surface area contributed by atoms with E-state index in [2.05, 4.69) is 26.0 Å². The van der Waals surface area contributed by atoms with Crippen molar-refractivity contribution >= 4 is 31.9 Å². The van der Waals surface area contributed by atoms with Crippen LogP contribution in [0.5, 0.6) is 0 Å². The van der Waals surface area contributed by atoms with Gasteiger partial charge in [0.15, 0.2) is 0 Å². The average molecular weight is 376 g/mol. The van der Waals surface area contributed by atoms with E-state index in [-0.39, 0.29) is 23.8 Å². The zero-order chi connectivity index (χ0) is 15.3. The number of rotatable bonds is 5. The van der Waals surface area contributed by atoms with E-state index in [0.717, 1.165) is 17.6 Å². The van der Waals surface area contributed by atoms with Gasteiger partial charge >= 0.3 is 0 Å². The molecular formula is C13H18BrN3O3S. The molecular weight excluding hydrogens is 358 g/mol. The van der Waals surface area contributed by atoms with E-state index in [9.17, 15) is 13.2 Å². The Morgan fingerprint density at radius 1 is 1.24 bits per heavy atom. The number of piperazine rings is 1. The minimum Gasteiger partial charge on any atom is -0.340 e. The molecule has 0 saturated carbocycles. The van der Waals surface area contributed by atoms with Gasteiger partial charge in [0.2, 0.25) is 15.9 Å². The number of amides is 1. The van der Waals surface area contributed by atoms with Crippen LogP contribution >= 0.6 is 15.9 Å². The number of carbonyl (C=O) groups excluding carboxylic acids is 1. The molecule has 2 N–H and O–H groups in total. The Morgan fingerprint density at radius 3 is 2.48 bits per heavy atom. The van der Waals surface area contributed by atoms with Gasteiger partial charge in [0.25, 0.3) is 0 Å². The number of hydrogen-bond acceptors (Lipinski definition) is 4. The number of benzene rings is 1. The van der Waals surface area contributed by atoms with Crippen LogP contribution in [0, 0.1) is 0 Å². The summed E-state index contributed by atoms with van der Waals surface area (Å²) in [6.07, 6.45) is 0.176. The van der Waals surface area contributed by atoms with Gasteiger partial charge in [0.05, 0.1) is 4.90 Å². The lowest BCUT2D eigenvalue weighted by atomic mass is 10.3. The number of nitrogens with one attached hydrogen (secondary N) is 2. The van der Waals surface area contributed by atoms with E-state index in [1.807, 2.05) is 0 Å². The molecule has 2 rings (SSSR count). The Bertz CT molecular complexity index is 583. The van der Waals surface area contributed by atoms with Crippen LogP contribution in [0.3, 0.4) is 0 Å². The van der Waals surface area contributed by atoms with Crippen molar-refractivity contribution in [2.75, 3.05) is 32.7 Å². The van der Waals surface area contributed by atoms with Crippen molar-refractivity contribution in [3.8, 4) is 0 Å². The molecule has 1 aliphatic rings. The van der Waals surface area contributed by atoms with Gasteiger partial charge in [-0.1, -0.05) is 15.9 Å². The topological polar surface area (TPSA) is 78.5 Å². The first kappa shape index (κ1) is 16.4. The van der Waals surface area contributed by atoms with Crippen LogP contribution < -0.4 is 10.0 Å². The Kier molecular flexibility index (Phi) is 5.74. The molecule has 8 heteroatoms. The van der Waals surface area contributed by atoms with Gasteiger partial charge in [-0.05, 0) is 24.3 Å². The molecule has 1 aromatic rings. The lowest BCUT2D eigenvalue weighted by Gasteiger charge is -2.27. The van der Waals surface area contributed by atoms with Crippen molar-refractivity contribution in [2.45, 2.75) is 11.3 Å². The first-order valence-corrected chi connectivity index (χ1v) is 9.00. The van der Waals surface area contributed by atoms with E-state index in [1.54, 1.807) is 17.0 Å². The highest BCUT2D eigenvalue weighted by atomic mass is 79.9. The monoisotopic (exact) mass is 375 g/mol. The lowest BCUT2D eigenvalue weighted by Crippen LogP contribution is -2.47. The van der Waals surface area contributed by atoms with Crippen LogP contribution in [-0.2, 0) is 14.8 Å². The Hall–Kier alpha value is -0.960. The van der Waals surface area contributed by atoms with E-state index in [0.29, 0.717) is 13.1 Å². The fraction of sp³-hybridized carbons (Fsp3) is 0.462. The van der Waals surface area contributed by atoms with Crippen molar-refractivity contribution in [1.29, 1.82) is 0 Å². The zero-order valence-electron chi connectivity index (χ0n) is 11.5. The van der Waals surface area contributed by atoms with Crippen molar-refractivity contribution < 1.29 is 13.2 Å². The molecule has 1 aromatic carbocycles. The van der Waals surface area contributed by atoms with Gasteiger partial charge in [0.1, 0.15) is 0 Å². The van der Waals surface area contributed by atoms with E-state index in [1.165, 1.54) is 12.1 Å². The first-order valence-electron chi connectivity index (χ1n) is 6.73. The summed E-state index contributed by atoms with van der Waals surface area (Å²) in [5.74, 6) is -0.0185. The third-order valence-corrected chi connectivity index (χ3v) is 5.23. The third kappa shape index (κ3) is 4.77. The molecule has 116 valence electrons. The highest BCUT2D eigenvalue weighted by molar-refractivity contribution is 9.10. The maximum absolute atomic E-state index is 12.0. The molecule has 0 spiro atoms. The van der Waals surface area contributed by atoms with Gasteiger partial charge in [-0.25, -0.2) is 13.1 Å². The molecule has 21 heavy (non-hydrogen) atoms. The molecule has 1 saturated heterocycles. The summed E-state index contributed by atoms with van der Waals surface area (Å²) in [6.45, 7) is 3.05.